The summed E-state index contributed by atoms with van der Waals surface area (Å²) in [7, 11) is 2.39. The average Bonchev–Trinajstić information content (AvgIpc) is 2.53. The van der Waals surface area contributed by atoms with Gasteiger partial charge in [0.05, 0.1) is 0 Å². The van der Waals surface area contributed by atoms with Gasteiger partial charge in [0.15, 0.2) is 0 Å². The Morgan fingerprint density at radius 1 is 0.900 bits per heavy atom. The fourth-order valence-electron chi connectivity index (χ4n) is 4.67. The monoisotopic (exact) mass is 280 g/mol. The first kappa shape index (κ1) is 16.3. The maximum Gasteiger partial charge on any atom is 0.0138 e. The van der Waals surface area contributed by atoms with Crippen molar-refractivity contribution in [1.82, 2.24) is 4.90 Å². The van der Waals surface area contributed by atoms with Crippen LogP contribution in [-0.4, -0.2) is 30.6 Å². The number of nitrogens with zero attached hydrogens (tertiary/aromatic N) is 1. The van der Waals surface area contributed by atoms with Gasteiger partial charge in [0.2, 0.25) is 0 Å². The van der Waals surface area contributed by atoms with E-state index in [1.165, 1.54) is 57.8 Å². The second-order valence-electron chi connectivity index (χ2n) is 7.40. The lowest BCUT2D eigenvalue weighted by Crippen LogP contribution is -2.50. The Balaban J connectivity index is 1.93. The Hall–Kier alpha value is -0.0800. The molecule has 0 amide bonds. The van der Waals surface area contributed by atoms with Gasteiger partial charge >= 0.3 is 0 Å². The first-order valence-corrected chi connectivity index (χ1v) is 9.11. The maximum absolute atomic E-state index is 6.06. The summed E-state index contributed by atoms with van der Waals surface area (Å²) in [6.45, 7) is 5.60. The quantitative estimate of drug-likeness (QED) is 0.823. The van der Waals surface area contributed by atoms with Crippen molar-refractivity contribution in [3.05, 3.63) is 0 Å². The third kappa shape index (κ3) is 3.76. The molecule has 0 bridgehead atoms. The van der Waals surface area contributed by atoms with Crippen LogP contribution in [0.3, 0.4) is 0 Å². The molecule has 0 radical (unpaired) electrons. The first-order valence-electron chi connectivity index (χ1n) is 9.11. The summed E-state index contributed by atoms with van der Waals surface area (Å²) in [6, 6.07) is 1.58. The summed E-state index contributed by atoms with van der Waals surface area (Å²) in [4.78, 5) is 2.74. The second-order valence-corrected chi connectivity index (χ2v) is 7.40. The number of rotatable bonds is 5. The predicted molar refractivity (Wildman–Crippen MR) is 87.8 cm³/mol. The maximum atomic E-state index is 6.06. The molecular weight excluding hydrogens is 244 g/mol. The third-order valence-corrected chi connectivity index (χ3v) is 6.44. The zero-order valence-electron chi connectivity index (χ0n) is 14.0. The predicted octanol–water partition coefficient (Wildman–Crippen LogP) is 4.04. The molecular formula is C18H36N2. The third-order valence-electron chi connectivity index (χ3n) is 6.44. The number of nitrogens with two attached hydrogens (primary N) is 1. The van der Waals surface area contributed by atoms with Crippen molar-refractivity contribution in [2.75, 3.05) is 13.6 Å². The molecule has 3 atom stereocenters. The van der Waals surface area contributed by atoms with Crippen molar-refractivity contribution in [2.45, 2.75) is 83.7 Å². The van der Waals surface area contributed by atoms with E-state index < -0.39 is 0 Å². The molecule has 2 heteroatoms. The standard InChI is InChI=1S/C18H36N2/c1-4-14-7-10-17(11-8-14)20(3)18-12-15(5-2)6-9-16(18)13-19/h14-18H,4-13,19H2,1-3H3. The van der Waals surface area contributed by atoms with Gasteiger partial charge < -0.3 is 10.6 Å². The molecule has 20 heavy (non-hydrogen) atoms. The summed E-state index contributed by atoms with van der Waals surface area (Å²) in [5, 5.41) is 0. The van der Waals surface area contributed by atoms with E-state index in [-0.39, 0.29) is 0 Å². The lowest BCUT2D eigenvalue weighted by atomic mass is 9.75. The van der Waals surface area contributed by atoms with E-state index in [0.717, 1.165) is 36.4 Å². The smallest absolute Gasteiger partial charge is 0.0138 e. The van der Waals surface area contributed by atoms with E-state index in [1.807, 2.05) is 0 Å². The van der Waals surface area contributed by atoms with Crippen molar-refractivity contribution in [3.63, 3.8) is 0 Å². The van der Waals surface area contributed by atoms with Crippen molar-refractivity contribution in [3.8, 4) is 0 Å². The van der Waals surface area contributed by atoms with Crippen LogP contribution >= 0.6 is 0 Å². The highest BCUT2D eigenvalue weighted by molar-refractivity contribution is 4.90. The molecule has 3 unspecified atom stereocenters. The minimum absolute atomic E-state index is 0.742. The molecule has 118 valence electrons. The summed E-state index contributed by atoms with van der Waals surface area (Å²) < 4.78 is 0. The van der Waals surface area contributed by atoms with Gasteiger partial charge in [0.1, 0.15) is 0 Å². The van der Waals surface area contributed by atoms with Crippen LogP contribution in [0.15, 0.2) is 0 Å². The highest BCUT2D eigenvalue weighted by atomic mass is 15.2. The normalized spacial score (nSPS) is 39.1. The van der Waals surface area contributed by atoms with E-state index in [0.29, 0.717) is 0 Å². The zero-order chi connectivity index (χ0) is 14.5. The van der Waals surface area contributed by atoms with Crippen LogP contribution in [0, 0.1) is 17.8 Å². The lowest BCUT2D eigenvalue weighted by molar-refractivity contribution is 0.0468. The molecule has 2 N–H and O–H groups in total. The molecule has 0 aliphatic heterocycles. The minimum Gasteiger partial charge on any atom is -0.330 e. The van der Waals surface area contributed by atoms with Crippen molar-refractivity contribution in [2.24, 2.45) is 23.5 Å². The van der Waals surface area contributed by atoms with Crippen LogP contribution in [0.1, 0.15) is 71.6 Å². The molecule has 0 heterocycles. The molecule has 0 spiro atoms. The number of hydrogen-bond donors (Lipinski definition) is 1. The van der Waals surface area contributed by atoms with Gasteiger partial charge in [-0.15, -0.1) is 0 Å². The van der Waals surface area contributed by atoms with Crippen LogP contribution < -0.4 is 5.73 Å². The Morgan fingerprint density at radius 3 is 2.05 bits per heavy atom. The van der Waals surface area contributed by atoms with Crippen LogP contribution in [0.5, 0.6) is 0 Å². The van der Waals surface area contributed by atoms with Gasteiger partial charge in [-0.3, -0.25) is 0 Å². The Bertz CT molecular complexity index is 271. The van der Waals surface area contributed by atoms with E-state index in [4.69, 9.17) is 5.73 Å². The van der Waals surface area contributed by atoms with Gasteiger partial charge in [-0.1, -0.05) is 33.1 Å². The topological polar surface area (TPSA) is 29.3 Å². The average molecular weight is 280 g/mol. The molecule has 0 aromatic rings. The Kier molecular flexibility index (Phi) is 6.35. The van der Waals surface area contributed by atoms with E-state index in [2.05, 4.69) is 25.8 Å². The summed E-state index contributed by atoms with van der Waals surface area (Å²) in [5.41, 5.74) is 6.06. The summed E-state index contributed by atoms with van der Waals surface area (Å²) in [5.74, 6) is 2.68. The van der Waals surface area contributed by atoms with E-state index >= 15 is 0 Å². The van der Waals surface area contributed by atoms with E-state index in [1.54, 1.807) is 0 Å². The molecule has 2 saturated carbocycles. The van der Waals surface area contributed by atoms with Gasteiger partial charge in [0, 0.05) is 12.1 Å². The van der Waals surface area contributed by atoms with Gasteiger partial charge in [-0.2, -0.15) is 0 Å². The minimum atomic E-state index is 0.742. The van der Waals surface area contributed by atoms with Crippen molar-refractivity contribution in [1.29, 1.82) is 0 Å². The second kappa shape index (κ2) is 7.79. The van der Waals surface area contributed by atoms with E-state index in [9.17, 15) is 0 Å². The van der Waals surface area contributed by atoms with Crippen molar-refractivity contribution >= 4 is 0 Å². The van der Waals surface area contributed by atoms with Gasteiger partial charge in [0.25, 0.3) is 0 Å². The lowest BCUT2D eigenvalue weighted by Gasteiger charge is -2.45. The molecule has 2 nitrogen and oxygen atoms in total. The SMILES string of the molecule is CCC1CCC(N(C)C2CC(CC)CCC2CN)CC1. The fourth-order valence-corrected chi connectivity index (χ4v) is 4.67. The molecule has 2 aliphatic carbocycles. The van der Waals surface area contributed by atoms with Gasteiger partial charge in [-0.25, -0.2) is 0 Å². The molecule has 0 saturated heterocycles. The van der Waals surface area contributed by atoms with Crippen LogP contribution in [0.2, 0.25) is 0 Å². The summed E-state index contributed by atoms with van der Waals surface area (Å²) in [6.07, 6.45) is 12.6. The molecule has 2 aliphatic rings. The van der Waals surface area contributed by atoms with Crippen LogP contribution in [0.4, 0.5) is 0 Å². The number of hydrogen-bond acceptors (Lipinski definition) is 2. The Morgan fingerprint density at radius 2 is 1.50 bits per heavy atom. The molecule has 2 fully saturated rings. The van der Waals surface area contributed by atoms with Crippen LogP contribution in [-0.2, 0) is 0 Å². The van der Waals surface area contributed by atoms with Crippen LogP contribution in [0.25, 0.3) is 0 Å². The van der Waals surface area contributed by atoms with Gasteiger partial charge in [-0.05, 0) is 69.9 Å². The molecule has 0 aromatic heterocycles. The summed E-state index contributed by atoms with van der Waals surface area (Å²) >= 11 is 0. The zero-order valence-corrected chi connectivity index (χ0v) is 14.0. The highest BCUT2D eigenvalue weighted by Gasteiger charge is 2.35. The molecule has 2 rings (SSSR count). The largest absolute Gasteiger partial charge is 0.330 e. The van der Waals surface area contributed by atoms with Crippen molar-refractivity contribution < 1.29 is 0 Å². The Labute approximate surface area is 126 Å². The highest BCUT2D eigenvalue weighted by Crippen LogP contribution is 2.37. The first-order chi connectivity index (χ1) is 9.69. The molecule has 0 aromatic carbocycles. The fraction of sp³-hybridized carbons (Fsp3) is 1.00.